The molecule has 1 unspecified atom stereocenters. The van der Waals surface area contributed by atoms with Gasteiger partial charge >= 0.3 is 12.1 Å². The normalized spacial score (nSPS) is 19.7. The number of carboxylic acid groups (broad SMARTS) is 1. The quantitative estimate of drug-likeness (QED) is 0.237. The van der Waals surface area contributed by atoms with Crippen LogP contribution in [0.4, 0.5) is 28.5 Å². The van der Waals surface area contributed by atoms with Crippen molar-refractivity contribution in [1.82, 2.24) is 9.97 Å². The molecule has 1 amide bonds. The molecule has 2 aromatic heterocycles. The number of fused-ring (bicyclic) bond motifs is 1. The predicted molar refractivity (Wildman–Crippen MR) is 151 cm³/mol. The van der Waals surface area contributed by atoms with Crippen LogP contribution in [0.5, 0.6) is 5.75 Å². The number of hydrogen-bond donors (Lipinski definition) is 2. The van der Waals surface area contributed by atoms with E-state index in [-0.39, 0.29) is 45.5 Å². The van der Waals surface area contributed by atoms with Crippen LogP contribution in [0.25, 0.3) is 11.3 Å². The van der Waals surface area contributed by atoms with Gasteiger partial charge in [-0.2, -0.15) is 13.2 Å². The predicted octanol–water partition coefficient (Wildman–Crippen LogP) is 6.41. The van der Waals surface area contributed by atoms with Crippen molar-refractivity contribution >= 4 is 45.8 Å². The Labute approximate surface area is 250 Å². The van der Waals surface area contributed by atoms with Gasteiger partial charge in [0.1, 0.15) is 23.5 Å². The number of nitrogens with one attached hydrogen (secondary N) is 1. The van der Waals surface area contributed by atoms with E-state index in [1.165, 1.54) is 23.7 Å². The van der Waals surface area contributed by atoms with Gasteiger partial charge in [-0.1, -0.05) is 35.9 Å². The molecule has 3 atom stereocenters. The zero-order valence-corrected chi connectivity index (χ0v) is 23.5. The molecule has 0 saturated carbocycles. The fourth-order valence-electron chi connectivity index (χ4n) is 5.45. The smallest absolute Gasteiger partial charge is 0.419 e. The Balaban J connectivity index is 1.15. The van der Waals surface area contributed by atoms with E-state index in [0.29, 0.717) is 24.8 Å². The number of thiazole rings is 1. The van der Waals surface area contributed by atoms with Gasteiger partial charge in [0.15, 0.2) is 5.13 Å². The molecule has 0 aliphatic carbocycles. The van der Waals surface area contributed by atoms with E-state index in [0.717, 1.165) is 28.7 Å². The van der Waals surface area contributed by atoms with Crippen molar-refractivity contribution in [2.24, 2.45) is 11.8 Å². The van der Waals surface area contributed by atoms with Crippen molar-refractivity contribution in [2.75, 3.05) is 23.3 Å². The first-order valence-electron chi connectivity index (χ1n) is 13.0. The van der Waals surface area contributed by atoms with Gasteiger partial charge in [-0.05, 0) is 29.8 Å². The number of benzene rings is 2. The first kappa shape index (κ1) is 28.9. The largest absolute Gasteiger partial charge is 0.489 e. The van der Waals surface area contributed by atoms with E-state index in [4.69, 9.17) is 16.3 Å². The van der Waals surface area contributed by atoms with Gasteiger partial charge in [0, 0.05) is 42.6 Å². The summed E-state index contributed by atoms with van der Waals surface area (Å²) in [7, 11) is 0. The van der Waals surface area contributed by atoms with Crippen LogP contribution in [0.15, 0.2) is 60.1 Å². The van der Waals surface area contributed by atoms with Gasteiger partial charge < -0.3 is 14.7 Å². The zero-order valence-electron chi connectivity index (χ0n) is 21.9. The van der Waals surface area contributed by atoms with Crippen LogP contribution in [0.3, 0.4) is 0 Å². The number of anilines is 2. The number of hydrogen-bond acceptors (Lipinski definition) is 7. The third-order valence-electron chi connectivity index (χ3n) is 7.52. The summed E-state index contributed by atoms with van der Waals surface area (Å²) in [6.07, 6.45) is -3.31. The molecule has 6 rings (SSSR count). The maximum absolute atomic E-state index is 14.5. The Morgan fingerprint density at radius 3 is 2.65 bits per heavy atom. The number of carbonyl (C=O) groups excluding carboxylic acids is 1. The minimum atomic E-state index is -4.87. The number of amides is 1. The van der Waals surface area contributed by atoms with E-state index in [9.17, 15) is 32.3 Å². The van der Waals surface area contributed by atoms with E-state index < -0.39 is 35.4 Å². The maximum Gasteiger partial charge on any atom is 0.419 e. The monoisotopic (exact) mass is 632 g/mol. The highest BCUT2D eigenvalue weighted by molar-refractivity contribution is 7.14. The summed E-state index contributed by atoms with van der Waals surface area (Å²) in [5.74, 6) is -3.04. The van der Waals surface area contributed by atoms with Crippen molar-refractivity contribution < 1.29 is 37.0 Å². The Bertz CT molecular complexity index is 1710. The second-order valence-electron chi connectivity index (χ2n) is 10.2. The molecule has 8 nitrogen and oxygen atoms in total. The van der Waals surface area contributed by atoms with Gasteiger partial charge in [0.05, 0.1) is 27.8 Å². The summed E-state index contributed by atoms with van der Waals surface area (Å²) < 4.78 is 59.9. The van der Waals surface area contributed by atoms with Crippen LogP contribution >= 0.6 is 22.9 Å². The van der Waals surface area contributed by atoms with E-state index >= 15 is 0 Å². The van der Waals surface area contributed by atoms with Crippen LogP contribution in [0, 0.1) is 17.7 Å². The molecule has 2 aromatic carbocycles. The molecule has 0 radical (unpaired) electrons. The lowest BCUT2D eigenvalue weighted by molar-refractivity contribution is -0.143. The van der Waals surface area contributed by atoms with Crippen molar-refractivity contribution in [3.8, 4) is 17.0 Å². The fraction of sp³-hybridized carbons (Fsp3) is 0.241. The first-order chi connectivity index (χ1) is 20.5. The number of pyridine rings is 1. The fourth-order valence-corrected chi connectivity index (χ4v) is 6.44. The second kappa shape index (κ2) is 11.1. The molecule has 0 bridgehead atoms. The second-order valence-corrected chi connectivity index (χ2v) is 11.4. The minimum Gasteiger partial charge on any atom is -0.489 e. The summed E-state index contributed by atoms with van der Waals surface area (Å²) in [4.78, 5) is 35.2. The summed E-state index contributed by atoms with van der Waals surface area (Å²) in [6, 6.07) is 11.8. The number of para-hydroxylation sites is 1. The van der Waals surface area contributed by atoms with Crippen LogP contribution in [0.2, 0.25) is 5.02 Å². The van der Waals surface area contributed by atoms with Gasteiger partial charge in [0.2, 0.25) is 0 Å². The topological polar surface area (TPSA) is 105 Å². The number of halogens is 5. The van der Waals surface area contributed by atoms with Crippen molar-refractivity contribution in [3.05, 3.63) is 87.6 Å². The van der Waals surface area contributed by atoms with E-state index in [2.05, 4.69) is 15.3 Å². The molecular formula is C29H21ClF4N4O4S. The highest BCUT2D eigenvalue weighted by Crippen LogP contribution is 2.40. The summed E-state index contributed by atoms with van der Waals surface area (Å²) in [5.41, 5.74) is -0.744. The molecule has 4 aromatic rings. The number of aliphatic carboxylic acids is 1. The minimum absolute atomic E-state index is 0.0289. The lowest BCUT2D eigenvalue weighted by atomic mass is 9.88. The van der Waals surface area contributed by atoms with Crippen molar-refractivity contribution in [3.63, 3.8) is 0 Å². The number of rotatable bonds is 6. The van der Waals surface area contributed by atoms with Gasteiger partial charge in [-0.25, -0.2) is 14.4 Å². The molecule has 0 spiro atoms. The van der Waals surface area contributed by atoms with Gasteiger partial charge in [0.25, 0.3) is 5.91 Å². The highest BCUT2D eigenvalue weighted by atomic mass is 35.5. The zero-order chi connectivity index (χ0) is 30.5. The SMILES string of the molecule is O=C(Nc1nc(-c2cccc(C(F)(F)F)c2F)cs1)c1cnc(N2C[C@H](C(=O)O)[C@@H](C3Cc4ccccc4O3)C2)c(Cl)c1. The van der Waals surface area contributed by atoms with Gasteiger partial charge in [-0.3, -0.25) is 14.9 Å². The molecule has 14 heteroatoms. The van der Waals surface area contributed by atoms with Crippen LogP contribution < -0.4 is 15.0 Å². The number of carbonyl (C=O) groups is 2. The third kappa shape index (κ3) is 5.62. The van der Waals surface area contributed by atoms with E-state index in [1.54, 1.807) is 4.90 Å². The van der Waals surface area contributed by atoms with Crippen molar-refractivity contribution in [1.29, 1.82) is 0 Å². The van der Waals surface area contributed by atoms with E-state index in [1.807, 2.05) is 24.3 Å². The number of aromatic nitrogens is 2. The molecule has 4 heterocycles. The maximum atomic E-state index is 14.5. The Kier molecular flexibility index (Phi) is 7.46. The molecule has 1 fully saturated rings. The van der Waals surface area contributed by atoms with Crippen LogP contribution in [-0.2, 0) is 17.4 Å². The number of alkyl halides is 3. The standard InChI is InChI=1S/C29H21ClF4N4O4S/c30-20-8-15(26(39)37-28-36-21(13-43-28)16-5-3-6-19(24(16)31)29(32,33)34)10-35-25(20)38-11-17(18(12-38)27(40)41)23-9-14-4-1-2-7-22(14)42-23/h1-8,10,13,17-18,23H,9,11-12H2,(H,40,41)(H,36,37,39)/t17-,18-,23?/m0/s1. The third-order valence-corrected chi connectivity index (χ3v) is 8.56. The summed E-state index contributed by atoms with van der Waals surface area (Å²) in [5, 5.41) is 13.9. The molecule has 2 aliphatic rings. The molecule has 1 saturated heterocycles. The average Bonchev–Trinajstić information content (AvgIpc) is 3.70. The van der Waals surface area contributed by atoms with Crippen molar-refractivity contribution in [2.45, 2.75) is 18.7 Å². The highest BCUT2D eigenvalue weighted by Gasteiger charge is 2.45. The number of ether oxygens (including phenoxy) is 1. The average molecular weight is 633 g/mol. The number of carboxylic acids is 1. The van der Waals surface area contributed by atoms with Gasteiger partial charge in [-0.15, -0.1) is 11.3 Å². The molecular weight excluding hydrogens is 612 g/mol. The molecule has 2 aliphatic heterocycles. The Morgan fingerprint density at radius 1 is 1.14 bits per heavy atom. The lowest BCUT2D eigenvalue weighted by Crippen LogP contribution is -2.34. The lowest BCUT2D eigenvalue weighted by Gasteiger charge is -2.22. The van der Waals surface area contributed by atoms with Crippen LogP contribution in [-0.4, -0.2) is 46.1 Å². The summed E-state index contributed by atoms with van der Waals surface area (Å²) in [6.45, 7) is 0.490. The van der Waals surface area contributed by atoms with Crippen LogP contribution in [0.1, 0.15) is 21.5 Å². The molecule has 2 N–H and O–H groups in total. The Morgan fingerprint density at radius 2 is 1.93 bits per heavy atom. The molecule has 43 heavy (non-hydrogen) atoms. The first-order valence-corrected chi connectivity index (χ1v) is 14.3. The Hall–Kier alpha value is -4.23. The number of nitrogens with zero attached hydrogens (tertiary/aromatic N) is 3. The summed E-state index contributed by atoms with van der Waals surface area (Å²) >= 11 is 7.42. The molecule has 222 valence electrons.